The summed E-state index contributed by atoms with van der Waals surface area (Å²) in [5.74, 6) is 0. The number of benzene rings is 1. The molecule has 0 aliphatic carbocycles. The molecule has 2 rings (SSSR count). The van der Waals surface area contributed by atoms with E-state index in [0.717, 1.165) is 30.8 Å². The number of nitrogens with one attached hydrogen (secondary N) is 1. The molecule has 1 aliphatic heterocycles. The molecule has 0 bridgehead atoms. The summed E-state index contributed by atoms with van der Waals surface area (Å²) in [7, 11) is 0. The molecule has 0 saturated carbocycles. The highest BCUT2D eigenvalue weighted by Crippen LogP contribution is 2.24. The number of nitro benzene ring substituents is 1. The number of hydrogen-bond donors (Lipinski definition) is 1. The van der Waals surface area contributed by atoms with Crippen LogP contribution in [0.25, 0.3) is 0 Å². The first kappa shape index (κ1) is 13.8. The van der Waals surface area contributed by atoms with Gasteiger partial charge >= 0.3 is 0 Å². The number of non-ortho nitro benzene ring substituents is 1. The fourth-order valence-electron chi connectivity index (χ4n) is 2.52. The Balaban J connectivity index is 2.02. The van der Waals surface area contributed by atoms with E-state index in [9.17, 15) is 10.1 Å². The van der Waals surface area contributed by atoms with E-state index >= 15 is 0 Å². The number of likely N-dealkylation sites (tertiary alicyclic amines) is 1. The highest BCUT2D eigenvalue weighted by molar-refractivity contribution is 5.56. The van der Waals surface area contributed by atoms with Crippen molar-refractivity contribution in [2.24, 2.45) is 0 Å². The van der Waals surface area contributed by atoms with Crippen molar-refractivity contribution in [3.63, 3.8) is 0 Å². The van der Waals surface area contributed by atoms with Crippen molar-refractivity contribution in [3.8, 4) is 0 Å². The molecular formula is C14H21N3O2. The predicted molar refractivity (Wildman–Crippen MR) is 76.6 cm³/mol. The molecule has 0 spiro atoms. The zero-order chi connectivity index (χ0) is 14.0. The van der Waals surface area contributed by atoms with Gasteiger partial charge < -0.3 is 5.32 Å². The van der Waals surface area contributed by atoms with Crippen LogP contribution in [0.4, 0.5) is 11.4 Å². The van der Waals surface area contributed by atoms with E-state index < -0.39 is 0 Å². The molecule has 1 heterocycles. The van der Waals surface area contributed by atoms with Gasteiger partial charge in [0.25, 0.3) is 5.69 Å². The van der Waals surface area contributed by atoms with Crippen LogP contribution >= 0.6 is 0 Å². The van der Waals surface area contributed by atoms with Crippen LogP contribution < -0.4 is 5.32 Å². The number of nitro groups is 1. The Kier molecular flexibility index (Phi) is 4.04. The highest BCUT2D eigenvalue weighted by Gasteiger charge is 2.24. The normalized spacial score (nSPS) is 19.9. The standard InChI is InChI=1S/C14H21N3O2/c1-10(2)16-7-6-12(9-16)15-14-5-4-13(17(18)19)8-11(14)3/h4-5,8,10,12,15H,6-7,9H2,1-3H3. The van der Waals surface area contributed by atoms with Crippen molar-refractivity contribution in [1.29, 1.82) is 0 Å². The van der Waals surface area contributed by atoms with E-state index in [2.05, 4.69) is 24.1 Å². The quantitative estimate of drug-likeness (QED) is 0.670. The van der Waals surface area contributed by atoms with E-state index in [4.69, 9.17) is 0 Å². The maximum absolute atomic E-state index is 10.7. The van der Waals surface area contributed by atoms with Crippen molar-refractivity contribution >= 4 is 11.4 Å². The molecule has 1 fully saturated rings. The topological polar surface area (TPSA) is 58.4 Å². The van der Waals surface area contributed by atoms with Gasteiger partial charge in [-0.25, -0.2) is 0 Å². The highest BCUT2D eigenvalue weighted by atomic mass is 16.6. The zero-order valence-corrected chi connectivity index (χ0v) is 11.7. The number of rotatable bonds is 4. The van der Waals surface area contributed by atoms with E-state index in [1.54, 1.807) is 12.1 Å². The number of anilines is 1. The maximum atomic E-state index is 10.7. The van der Waals surface area contributed by atoms with Gasteiger partial charge in [-0.3, -0.25) is 15.0 Å². The van der Waals surface area contributed by atoms with Crippen LogP contribution in [0.5, 0.6) is 0 Å². The Morgan fingerprint density at radius 2 is 2.21 bits per heavy atom. The number of nitrogens with zero attached hydrogens (tertiary/aromatic N) is 2. The average molecular weight is 263 g/mol. The first-order valence-corrected chi connectivity index (χ1v) is 6.73. The number of hydrogen-bond acceptors (Lipinski definition) is 4. The van der Waals surface area contributed by atoms with Gasteiger partial charge in [-0.05, 0) is 38.8 Å². The van der Waals surface area contributed by atoms with Gasteiger partial charge in [-0.15, -0.1) is 0 Å². The van der Waals surface area contributed by atoms with Crippen LogP contribution in [-0.4, -0.2) is 35.0 Å². The van der Waals surface area contributed by atoms with Crippen LogP contribution in [0.3, 0.4) is 0 Å². The van der Waals surface area contributed by atoms with E-state index in [-0.39, 0.29) is 10.6 Å². The SMILES string of the molecule is Cc1cc([N+](=O)[O-])ccc1NC1CCN(C(C)C)C1. The third-order valence-electron chi connectivity index (χ3n) is 3.73. The Hall–Kier alpha value is -1.62. The molecule has 5 nitrogen and oxygen atoms in total. The summed E-state index contributed by atoms with van der Waals surface area (Å²) >= 11 is 0. The van der Waals surface area contributed by atoms with Crippen LogP contribution in [0.2, 0.25) is 0 Å². The molecule has 0 radical (unpaired) electrons. The second kappa shape index (κ2) is 5.57. The lowest BCUT2D eigenvalue weighted by molar-refractivity contribution is -0.384. The maximum Gasteiger partial charge on any atom is 0.269 e. The van der Waals surface area contributed by atoms with Crippen LogP contribution in [0, 0.1) is 17.0 Å². The molecule has 1 unspecified atom stereocenters. The molecular weight excluding hydrogens is 242 g/mol. The molecule has 0 aromatic heterocycles. The number of aryl methyl sites for hydroxylation is 1. The van der Waals surface area contributed by atoms with Gasteiger partial charge in [-0.2, -0.15) is 0 Å². The first-order valence-electron chi connectivity index (χ1n) is 6.73. The summed E-state index contributed by atoms with van der Waals surface area (Å²) in [4.78, 5) is 12.8. The largest absolute Gasteiger partial charge is 0.381 e. The summed E-state index contributed by atoms with van der Waals surface area (Å²) in [6.07, 6.45) is 1.12. The molecule has 1 atom stereocenters. The summed E-state index contributed by atoms with van der Waals surface area (Å²) < 4.78 is 0. The van der Waals surface area contributed by atoms with Gasteiger partial charge in [0.1, 0.15) is 0 Å². The minimum atomic E-state index is -0.354. The Morgan fingerprint density at radius 3 is 2.74 bits per heavy atom. The van der Waals surface area contributed by atoms with Crippen molar-refractivity contribution in [3.05, 3.63) is 33.9 Å². The first-order chi connectivity index (χ1) is 8.97. The minimum absolute atomic E-state index is 0.151. The van der Waals surface area contributed by atoms with Gasteiger partial charge in [0.2, 0.25) is 0 Å². The molecule has 1 aromatic carbocycles. The molecule has 5 heteroatoms. The van der Waals surface area contributed by atoms with Crippen molar-refractivity contribution < 1.29 is 4.92 Å². The Bertz CT molecular complexity index is 474. The zero-order valence-electron chi connectivity index (χ0n) is 11.7. The minimum Gasteiger partial charge on any atom is -0.381 e. The van der Waals surface area contributed by atoms with Crippen molar-refractivity contribution in [1.82, 2.24) is 4.90 Å². The molecule has 1 aliphatic rings. The summed E-state index contributed by atoms with van der Waals surface area (Å²) in [5.41, 5.74) is 2.08. The van der Waals surface area contributed by atoms with Crippen LogP contribution in [0.15, 0.2) is 18.2 Å². The lowest BCUT2D eigenvalue weighted by Gasteiger charge is -2.21. The molecule has 1 N–H and O–H groups in total. The van der Waals surface area contributed by atoms with E-state index in [0.29, 0.717) is 12.1 Å². The van der Waals surface area contributed by atoms with E-state index in [1.807, 2.05) is 13.0 Å². The van der Waals surface area contributed by atoms with Gasteiger partial charge in [0, 0.05) is 43.0 Å². The summed E-state index contributed by atoms with van der Waals surface area (Å²) in [6, 6.07) is 6.00. The second-order valence-corrected chi connectivity index (χ2v) is 5.47. The molecule has 1 saturated heterocycles. The smallest absolute Gasteiger partial charge is 0.269 e. The molecule has 0 amide bonds. The van der Waals surface area contributed by atoms with Crippen LogP contribution in [0.1, 0.15) is 25.8 Å². The Morgan fingerprint density at radius 1 is 1.47 bits per heavy atom. The Labute approximate surface area is 113 Å². The lowest BCUT2D eigenvalue weighted by atomic mass is 10.1. The molecule has 1 aromatic rings. The third-order valence-corrected chi connectivity index (χ3v) is 3.73. The monoisotopic (exact) mass is 263 g/mol. The average Bonchev–Trinajstić information content (AvgIpc) is 2.80. The molecule has 104 valence electrons. The van der Waals surface area contributed by atoms with Crippen molar-refractivity contribution in [2.45, 2.75) is 39.3 Å². The summed E-state index contributed by atoms with van der Waals surface area (Å²) in [5, 5.41) is 14.2. The van der Waals surface area contributed by atoms with Crippen molar-refractivity contribution in [2.75, 3.05) is 18.4 Å². The van der Waals surface area contributed by atoms with Gasteiger partial charge in [0.15, 0.2) is 0 Å². The second-order valence-electron chi connectivity index (χ2n) is 5.47. The fourth-order valence-corrected chi connectivity index (χ4v) is 2.52. The predicted octanol–water partition coefficient (Wildman–Crippen LogP) is 2.80. The molecule has 19 heavy (non-hydrogen) atoms. The van der Waals surface area contributed by atoms with E-state index in [1.165, 1.54) is 0 Å². The van der Waals surface area contributed by atoms with Gasteiger partial charge in [-0.1, -0.05) is 0 Å². The van der Waals surface area contributed by atoms with Gasteiger partial charge in [0.05, 0.1) is 4.92 Å². The fraction of sp³-hybridized carbons (Fsp3) is 0.571. The summed E-state index contributed by atoms with van der Waals surface area (Å²) in [6.45, 7) is 8.47. The lowest BCUT2D eigenvalue weighted by Crippen LogP contribution is -2.31. The van der Waals surface area contributed by atoms with Crippen LogP contribution in [-0.2, 0) is 0 Å². The third kappa shape index (κ3) is 3.23.